The first kappa shape index (κ1) is 22.1. The summed E-state index contributed by atoms with van der Waals surface area (Å²) in [6.45, 7) is 5.24. The molecule has 3 rings (SSSR count). The quantitative estimate of drug-likeness (QED) is 0.803. The molecule has 2 amide bonds. The second-order valence-electron chi connectivity index (χ2n) is 8.56. The Morgan fingerprint density at radius 1 is 1.17 bits per heavy atom. The number of anilines is 1. The number of benzene rings is 1. The van der Waals surface area contributed by atoms with Crippen molar-refractivity contribution in [3.8, 4) is 6.07 Å². The molecule has 2 aliphatic rings. The smallest absolute Gasteiger partial charge is 0.254 e. The molecule has 0 spiro atoms. The first-order chi connectivity index (χ1) is 14.3. The van der Waals surface area contributed by atoms with Crippen LogP contribution in [-0.2, 0) is 9.53 Å². The van der Waals surface area contributed by atoms with Crippen molar-refractivity contribution >= 4 is 17.5 Å². The highest BCUT2D eigenvalue weighted by Crippen LogP contribution is 2.32. The van der Waals surface area contributed by atoms with Crippen LogP contribution in [0, 0.1) is 11.3 Å². The third-order valence-electron chi connectivity index (χ3n) is 6.19. The van der Waals surface area contributed by atoms with Crippen molar-refractivity contribution in [3.05, 3.63) is 29.8 Å². The molecule has 1 heterocycles. The van der Waals surface area contributed by atoms with Gasteiger partial charge in [-0.1, -0.05) is 19.3 Å². The molecule has 1 aromatic rings. The number of carbonyl (C=O) groups excluding carboxylic acids is 2. The highest BCUT2D eigenvalue weighted by atomic mass is 16.5. The standard InChI is InChI=1S/C23H32N4O3/c1-17-14-27(15-18(2)30-17)22(29)19-7-9-20(10-8-19)25-13-21(28)26(3)23(16-24)11-5-4-6-12-23/h7-10,17-18,25H,4-6,11-15H2,1-3H3. The topological polar surface area (TPSA) is 85.7 Å². The number of nitrogens with zero attached hydrogens (tertiary/aromatic N) is 3. The normalized spacial score (nSPS) is 23.3. The Balaban J connectivity index is 1.56. The van der Waals surface area contributed by atoms with Crippen LogP contribution in [-0.4, -0.2) is 66.0 Å². The molecule has 1 N–H and O–H groups in total. The second-order valence-corrected chi connectivity index (χ2v) is 8.56. The number of morpholine rings is 1. The lowest BCUT2D eigenvalue weighted by atomic mass is 9.81. The van der Waals surface area contributed by atoms with Crippen molar-refractivity contribution in [1.29, 1.82) is 5.26 Å². The maximum atomic E-state index is 12.8. The lowest BCUT2D eigenvalue weighted by Crippen LogP contribution is -2.51. The van der Waals surface area contributed by atoms with Crippen molar-refractivity contribution in [2.24, 2.45) is 0 Å². The fourth-order valence-corrected chi connectivity index (χ4v) is 4.45. The van der Waals surface area contributed by atoms with Gasteiger partial charge in [-0.3, -0.25) is 9.59 Å². The van der Waals surface area contributed by atoms with Crippen molar-refractivity contribution < 1.29 is 14.3 Å². The summed E-state index contributed by atoms with van der Waals surface area (Å²) in [5.41, 5.74) is 0.710. The van der Waals surface area contributed by atoms with Gasteiger partial charge < -0.3 is 19.9 Å². The maximum absolute atomic E-state index is 12.8. The van der Waals surface area contributed by atoms with Gasteiger partial charge in [-0.2, -0.15) is 5.26 Å². The average molecular weight is 413 g/mol. The zero-order valence-corrected chi connectivity index (χ0v) is 18.2. The van der Waals surface area contributed by atoms with Gasteiger partial charge in [0.1, 0.15) is 5.54 Å². The van der Waals surface area contributed by atoms with E-state index in [0.29, 0.717) is 18.7 Å². The van der Waals surface area contributed by atoms with E-state index in [1.54, 1.807) is 24.1 Å². The molecule has 7 nitrogen and oxygen atoms in total. The number of hydrogen-bond acceptors (Lipinski definition) is 5. The minimum Gasteiger partial charge on any atom is -0.376 e. The number of nitriles is 1. The summed E-state index contributed by atoms with van der Waals surface area (Å²) >= 11 is 0. The van der Waals surface area contributed by atoms with Crippen LogP contribution in [0.25, 0.3) is 0 Å². The highest BCUT2D eigenvalue weighted by molar-refractivity contribution is 5.94. The van der Waals surface area contributed by atoms with E-state index in [1.807, 2.05) is 30.9 Å². The summed E-state index contributed by atoms with van der Waals surface area (Å²) in [5.74, 6) is -0.109. The van der Waals surface area contributed by atoms with Crippen molar-refractivity contribution in [3.63, 3.8) is 0 Å². The van der Waals surface area contributed by atoms with E-state index in [4.69, 9.17) is 4.74 Å². The first-order valence-corrected chi connectivity index (χ1v) is 10.8. The molecule has 1 saturated heterocycles. The van der Waals surface area contributed by atoms with Crippen LogP contribution in [0.15, 0.2) is 24.3 Å². The molecule has 0 bridgehead atoms. The molecule has 2 atom stereocenters. The summed E-state index contributed by atoms with van der Waals surface area (Å²) in [6, 6.07) is 9.57. The zero-order valence-electron chi connectivity index (χ0n) is 18.2. The van der Waals surface area contributed by atoms with Gasteiger partial charge in [0.2, 0.25) is 5.91 Å². The van der Waals surface area contributed by atoms with E-state index in [2.05, 4.69) is 11.4 Å². The number of hydrogen-bond donors (Lipinski definition) is 1. The SMILES string of the molecule is CC1CN(C(=O)c2ccc(NCC(=O)N(C)C3(C#N)CCCCC3)cc2)CC(C)O1. The van der Waals surface area contributed by atoms with E-state index in [9.17, 15) is 14.9 Å². The lowest BCUT2D eigenvalue weighted by molar-refractivity contribution is -0.132. The van der Waals surface area contributed by atoms with Gasteiger partial charge in [0.05, 0.1) is 24.8 Å². The summed E-state index contributed by atoms with van der Waals surface area (Å²) in [5, 5.41) is 12.8. The largest absolute Gasteiger partial charge is 0.376 e. The number of likely N-dealkylation sites (N-methyl/N-ethyl adjacent to an activating group) is 1. The number of carbonyl (C=O) groups is 2. The third-order valence-corrected chi connectivity index (χ3v) is 6.19. The zero-order chi connectivity index (χ0) is 21.7. The molecule has 30 heavy (non-hydrogen) atoms. The molecule has 1 aromatic carbocycles. The predicted octanol–water partition coefficient (Wildman–Crippen LogP) is 3.03. The number of amides is 2. The molecule has 0 aromatic heterocycles. The Hall–Kier alpha value is -2.59. The van der Waals surface area contributed by atoms with Crippen LogP contribution in [0.5, 0.6) is 0 Å². The predicted molar refractivity (Wildman–Crippen MR) is 115 cm³/mol. The van der Waals surface area contributed by atoms with Crippen molar-refractivity contribution in [2.75, 3.05) is 32.0 Å². The third kappa shape index (κ3) is 4.93. The van der Waals surface area contributed by atoms with Crippen LogP contribution in [0.2, 0.25) is 0 Å². The van der Waals surface area contributed by atoms with Crippen molar-refractivity contribution in [1.82, 2.24) is 9.80 Å². The molecule has 0 radical (unpaired) electrons. The van der Waals surface area contributed by atoms with Crippen LogP contribution < -0.4 is 5.32 Å². The van der Waals surface area contributed by atoms with Gasteiger partial charge in [0.15, 0.2) is 0 Å². The molecule has 2 unspecified atom stereocenters. The molecule has 1 aliphatic heterocycles. The van der Waals surface area contributed by atoms with E-state index in [1.165, 1.54) is 0 Å². The summed E-state index contributed by atoms with van der Waals surface area (Å²) in [7, 11) is 1.73. The summed E-state index contributed by atoms with van der Waals surface area (Å²) < 4.78 is 5.69. The van der Waals surface area contributed by atoms with E-state index < -0.39 is 5.54 Å². The molecular weight excluding hydrogens is 380 g/mol. The minimum absolute atomic E-state index is 0.00683. The Bertz CT molecular complexity index is 786. The van der Waals surface area contributed by atoms with Gasteiger partial charge in [0.25, 0.3) is 5.91 Å². The average Bonchev–Trinajstić information content (AvgIpc) is 2.76. The molecule has 1 aliphatic carbocycles. The van der Waals surface area contributed by atoms with Crippen LogP contribution in [0.3, 0.4) is 0 Å². The lowest BCUT2D eigenvalue weighted by Gasteiger charge is -2.39. The minimum atomic E-state index is -0.681. The fourth-order valence-electron chi connectivity index (χ4n) is 4.45. The van der Waals surface area contributed by atoms with Gasteiger partial charge in [-0.25, -0.2) is 0 Å². The highest BCUT2D eigenvalue weighted by Gasteiger charge is 2.38. The van der Waals surface area contributed by atoms with E-state index in [-0.39, 0.29) is 30.6 Å². The Kier molecular flexibility index (Phi) is 6.99. The Labute approximate surface area is 179 Å². The Morgan fingerprint density at radius 2 is 1.77 bits per heavy atom. The molecule has 162 valence electrons. The number of ether oxygens (including phenoxy) is 1. The number of rotatable bonds is 5. The van der Waals surface area contributed by atoms with Crippen LogP contribution in [0.1, 0.15) is 56.3 Å². The monoisotopic (exact) mass is 412 g/mol. The molecular formula is C23H32N4O3. The van der Waals surface area contributed by atoms with Crippen LogP contribution in [0.4, 0.5) is 5.69 Å². The molecule has 1 saturated carbocycles. The summed E-state index contributed by atoms with van der Waals surface area (Å²) in [4.78, 5) is 28.9. The van der Waals surface area contributed by atoms with Gasteiger partial charge in [-0.05, 0) is 51.0 Å². The van der Waals surface area contributed by atoms with Crippen molar-refractivity contribution in [2.45, 2.75) is 63.7 Å². The van der Waals surface area contributed by atoms with Gasteiger partial charge in [-0.15, -0.1) is 0 Å². The summed E-state index contributed by atoms with van der Waals surface area (Å²) in [6.07, 6.45) is 4.62. The van der Waals surface area contributed by atoms with Crippen LogP contribution >= 0.6 is 0 Å². The molecule has 7 heteroatoms. The fraction of sp³-hybridized carbons (Fsp3) is 0.609. The second kappa shape index (κ2) is 9.48. The number of nitrogens with one attached hydrogen (secondary N) is 1. The van der Waals surface area contributed by atoms with E-state index >= 15 is 0 Å². The van der Waals surface area contributed by atoms with Gasteiger partial charge >= 0.3 is 0 Å². The first-order valence-electron chi connectivity index (χ1n) is 10.8. The Morgan fingerprint density at radius 3 is 2.33 bits per heavy atom. The van der Waals surface area contributed by atoms with Gasteiger partial charge in [0, 0.05) is 31.4 Å². The van der Waals surface area contributed by atoms with E-state index in [0.717, 1.165) is 37.8 Å². The molecule has 2 fully saturated rings. The maximum Gasteiger partial charge on any atom is 0.254 e.